The molecule has 0 N–H and O–H groups in total. The largest absolute Gasteiger partial charge is 0.496 e. The summed E-state index contributed by atoms with van der Waals surface area (Å²) in [7, 11) is 1.31. The van der Waals surface area contributed by atoms with E-state index in [0.717, 1.165) is 6.07 Å². The van der Waals surface area contributed by atoms with Gasteiger partial charge >= 0.3 is 5.97 Å². The van der Waals surface area contributed by atoms with Gasteiger partial charge in [0, 0.05) is 0 Å². The van der Waals surface area contributed by atoms with Crippen molar-refractivity contribution in [2.24, 2.45) is 0 Å². The molecular formula is C11H10N2O5. The van der Waals surface area contributed by atoms with Crippen LogP contribution in [0.15, 0.2) is 12.1 Å². The number of hydrogen-bond donors (Lipinski definition) is 0. The van der Waals surface area contributed by atoms with Gasteiger partial charge in [-0.15, -0.1) is 0 Å². The summed E-state index contributed by atoms with van der Waals surface area (Å²) in [5.74, 6) is -0.769. The fraction of sp³-hybridized carbons (Fsp3) is 0.273. The molecule has 1 aromatic rings. The number of rotatable bonds is 4. The second-order valence-electron chi connectivity index (χ2n) is 3.16. The molecule has 0 heterocycles. The van der Waals surface area contributed by atoms with Crippen molar-refractivity contribution in [3.05, 3.63) is 33.4 Å². The smallest absolute Gasteiger partial charge is 0.346 e. The van der Waals surface area contributed by atoms with Crippen molar-refractivity contribution in [3.8, 4) is 11.8 Å². The first-order chi connectivity index (χ1) is 8.54. The van der Waals surface area contributed by atoms with E-state index in [2.05, 4.69) is 0 Å². The Morgan fingerprint density at radius 3 is 2.67 bits per heavy atom. The van der Waals surface area contributed by atoms with Gasteiger partial charge in [0.15, 0.2) is 5.56 Å². The van der Waals surface area contributed by atoms with E-state index in [1.165, 1.54) is 13.2 Å². The van der Waals surface area contributed by atoms with Crippen molar-refractivity contribution < 1.29 is 19.2 Å². The van der Waals surface area contributed by atoms with Crippen LogP contribution >= 0.6 is 0 Å². The van der Waals surface area contributed by atoms with E-state index in [4.69, 9.17) is 14.7 Å². The predicted octanol–water partition coefficient (Wildman–Crippen LogP) is 1.65. The fourth-order valence-electron chi connectivity index (χ4n) is 1.37. The molecule has 0 bridgehead atoms. The highest BCUT2D eigenvalue weighted by Gasteiger charge is 2.27. The third-order valence-electron chi connectivity index (χ3n) is 2.12. The average Bonchev–Trinajstić information content (AvgIpc) is 2.37. The molecule has 1 rings (SSSR count). The predicted molar refractivity (Wildman–Crippen MR) is 60.3 cm³/mol. The number of nitro benzene ring substituents is 1. The molecule has 0 amide bonds. The maximum absolute atomic E-state index is 11.6. The molecule has 0 aromatic heterocycles. The lowest BCUT2D eigenvalue weighted by molar-refractivity contribution is -0.385. The third-order valence-corrected chi connectivity index (χ3v) is 2.12. The average molecular weight is 250 g/mol. The molecule has 7 nitrogen and oxygen atoms in total. The van der Waals surface area contributed by atoms with Gasteiger partial charge < -0.3 is 9.47 Å². The number of carbonyl (C=O) groups excluding carboxylic acids is 1. The number of methoxy groups -OCH3 is 1. The molecule has 0 unspecified atom stereocenters. The molecular weight excluding hydrogens is 240 g/mol. The Morgan fingerprint density at radius 1 is 1.56 bits per heavy atom. The van der Waals surface area contributed by atoms with E-state index in [1.807, 2.05) is 0 Å². The van der Waals surface area contributed by atoms with E-state index in [0.29, 0.717) is 0 Å². The monoisotopic (exact) mass is 250 g/mol. The van der Waals surface area contributed by atoms with Gasteiger partial charge in [-0.25, -0.2) is 4.79 Å². The number of carbonyl (C=O) groups is 1. The number of esters is 1. The van der Waals surface area contributed by atoms with E-state index in [1.54, 1.807) is 13.0 Å². The van der Waals surface area contributed by atoms with Gasteiger partial charge in [0.2, 0.25) is 0 Å². The van der Waals surface area contributed by atoms with Crippen molar-refractivity contribution in [1.82, 2.24) is 0 Å². The minimum atomic E-state index is -0.900. The number of ether oxygens (including phenoxy) is 2. The Kier molecular flexibility index (Phi) is 4.21. The zero-order chi connectivity index (χ0) is 13.7. The SMILES string of the molecule is CCOC(=O)c1c(C#N)cc(OC)cc1[N+](=O)[O-]. The molecule has 0 saturated carbocycles. The summed E-state index contributed by atoms with van der Waals surface area (Å²) in [5.41, 5.74) is -1.02. The van der Waals surface area contributed by atoms with Crippen LogP contribution in [0.25, 0.3) is 0 Å². The lowest BCUT2D eigenvalue weighted by Gasteiger charge is -2.07. The Labute approximate surface area is 103 Å². The van der Waals surface area contributed by atoms with E-state index < -0.39 is 16.6 Å². The summed E-state index contributed by atoms with van der Waals surface area (Å²) in [5, 5.41) is 19.8. The summed E-state index contributed by atoms with van der Waals surface area (Å²) in [6, 6.07) is 4.05. The number of nitrogens with zero attached hydrogens (tertiary/aromatic N) is 2. The van der Waals surface area contributed by atoms with Crippen molar-refractivity contribution in [2.75, 3.05) is 13.7 Å². The van der Waals surface area contributed by atoms with E-state index in [-0.39, 0.29) is 23.5 Å². The van der Waals surface area contributed by atoms with Crippen LogP contribution in [-0.2, 0) is 4.74 Å². The number of benzene rings is 1. The first-order valence-corrected chi connectivity index (χ1v) is 4.98. The lowest BCUT2D eigenvalue weighted by Crippen LogP contribution is -2.10. The molecule has 0 spiro atoms. The van der Waals surface area contributed by atoms with E-state index >= 15 is 0 Å². The molecule has 18 heavy (non-hydrogen) atoms. The molecule has 0 radical (unpaired) electrons. The van der Waals surface area contributed by atoms with Crippen molar-refractivity contribution in [3.63, 3.8) is 0 Å². The van der Waals surface area contributed by atoms with Crippen LogP contribution in [0, 0.1) is 21.4 Å². The van der Waals surface area contributed by atoms with Gasteiger partial charge in [-0.1, -0.05) is 0 Å². The lowest BCUT2D eigenvalue weighted by atomic mass is 10.1. The second-order valence-corrected chi connectivity index (χ2v) is 3.16. The molecule has 94 valence electrons. The Balaban J connectivity index is 3.50. The summed E-state index contributed by atoms with van der Waals surface area (Å²) < 4.78 is 9.53. The van der Waals surface area contributed by atoms with Crippen molar-refractivity contribution in [1.29, 1.82) is 5.26 Å². The highest BCUT2D eigenvalue weighted by atomic mass is 16.6. The Morgan fingerprint density at radius 2 is 2.22 bits per heavy atom. The van der Waals surface area contributed by atoms with Crippen LogP contribution in [0.5, 0.6) is 5.75 Å². The zero-order valence-corrected chi connectivity index (χ0v) is 9.80. The summed E-state index contributed by atoms with van der Waals surface area (Å²) in [6.07, 6.45) is 0. The molecule has 0 aliphatic rings. The Hall–Kier alpha value is -2.62. The quantitative estimate of drug-likeness (QED) is 0.457. The first-order valence-electron chi connectivity index (χ1n) is 4.98. The second kappa shape index (κ2) is 5.63. The van der Waals surface area contributed by atoms with Crippen LogP contribution < -0.4 is 4.74 Å². The third kappa shape index (κ3) is 2.55. The van der Waals surface area contributed by atoms with Crippen LogP contribution in [0.4, 0.5) is 5.69 Å². The molecule has 0 atom stereocenters. The Bertz CT molecular complexity index is 533. The molecule has 0 saturated heterocycles. The van der Waals surface area contributed by atoms with E-state index in [9.17, 15) is 14.9 Å². The van der Waals surface area contributed by atoms with Gasteiger partial charge in [-0.3, -0.25) is 10.1 Å². The van der Waals surface area contributed by atoms with Gasteiger partial charge in [0.1, 0.15) is 11.8 Å². The summed E-state index contributed by atoms with van der Waals surface area (Å²) in [6.45, 7) is 1.63. The van der Waals surface area contributed by atoms with Gasteiger partial charge in [0.05, 0.1) is 30.3 Å². The fourth-order valence-corrected chi connectivity index (χ4v) is 1.37. The molecule has 0 aliphatic heterocycles. The zero-order valence-electron chi connectivity index (χ0n) is 9.80. The summed E-state index contributed by atoms with van der Waals surface area (Å²) in [4.78, 5) is 21.8. The van der Waals surface area contributed by atoms with Crippen LogP contribution in [0.3, 0.4) is 0 Å². The topological polar surface area (TPSA) is 102 Å². The maximum atomic E-state index is 11.6. The van der Waals surface area contributed by atoms with Crippen LogP contribution in [0.1, 0.15) is 22.8 Å². The highest BCUT2D eigenvalue weighted by molar-refractivity contribution is 5.97. The first kappa shape index (κ1) is 13.4. The van der Waals surface area contributed by atoms with Crippen molar-refractivity contribution in [2.45, 2.75) is 6.92 Å². The normalized spacial score (nSPS) is 9.39. The molecule has 1 aromatic carbocycles. The van der Waals surface area contributed by atoms with Crippen LogP contribution in [0.2, 0.25) is 0 Å². The van der Waals surface area contributed by atoms with Crippen molar-refractivity contribution >= 4 is 11.7 Å². The summed E-state index contributed by atoms with van der Waals surface area (Å²) >= 11 is 0. The molecule has 0 aliphatic carbocycles. The maximum Gasteiger partial charge on any atom is 0.346 e. The highest BCUT2D eigenvalue weighted by Crippen LogP contribution is 2.29. The van der Waals surface area contributed by atoms with Gasteiger partial charge in [0.25, 0.3) is 5.69 Å². The van der Waals surface area contributed by atoms with Gasteiger partial charge in [-0.2, -0.15) is 5.26 Å². The van der Waals surface area contributed by atoms with Gasteiger partial charge in [-0.05, 0) is 13.0 Å². The number of nitro groups is 1. The number of hydrogen-bond acceptors (Lipinski definition) is 6. The molecule has 0 fully saturated rings. The minimum absolute atomic E-state index is 0.0624. The standard InChI is InChI=1S/C11H10N2O5/c1-3-18-11(14)10-7(6-12)4-8(17-2)5-9(10)13(15)16/h4-5H,3H2,1-2H3. The molecule has 7 heteroatoms. The number of nitriles is 1. The minimum Gasteiger partial charge on any atom is -0.496 e. The van der Waals surface area contributed by atoms with Crippen LogP contribution in [-0.4, -0.2) is 24.6 Å².